The van der Waals surface area contributed by atoms with Crippen LogP contribution in [0.2, 0.25) is 23.2 Å². The minimum absolute atomic E-state index is 0.0426. The lowest BCUT2D eigenvalue weighted by molar-refractivity contribution is 0.0689. The van der Waals surface area contributed by atoms with Crippen molar-refractivity contribution in [2.45, 2.75) is 38.9 Å². The first-order chi connectivity index (χ1) is 8.47. The van der Waals surface area contributed by atoms with Gasteiger partial charge in [-0.1, -0.05) is 32.4 Å². The molecule has 0 saturated carbocycles. The summed E-state index contributed by atoms with van der Waals surface area (Å²) in [6.07, 6.45) is 0. The SMILES string of the molecule is CC(C)(C)[Si](C)(C)Oc1ccc(Cl)c(F)c1C(=O)O. The third-order valence-electron chi connectivity index (χ3n) is 3.44. The van der Waals surface area contributed by atoms with Crippen LogP contribution in [-0.2, 0) is 0 Å². The zero-order chi connectivity index (χ0) is 15.0. The molecule has 0 bridgehead atoms. The van der Waals surface area contributed by atoms with Gasteiger partial charge in [-0.05, 0) is 30.3 Å². The van der Waals surface area contributed by atoms with E-state index >= 15 is 0 Å². The lowest BCUT2D eigenvalue weighted by Crippen LogP contribution is -2.44. The maximum absolute atomic E-state index is 13.8. The average molecular weight is 305 g/mol. The number of hydrogen-bond acceptors (Lipinski definition) is 2. The fourth-order valence-corrected chi connectivity index (χ4v) is 2.43. The van der Waals surface area contributed by atoms with E-state index in [1.54, 1.807) is 0 Å². The first-order valence-electron chi connectivity index (χ1n) is 5.87. The van der Waals surface area contributed by atoms with Crippen molar-refractivity contribution in [3.8, 4) is 5.75 Å². The summed E-state index contributed by atoms with van der Waals surface area (Å²) in [5, 5.41) is 8.77. The number of aromatic carboxylic acids is 1. The highest BCUT2D eigenvalue weighted by Crippen LogP contribution is 2.39. The van der Waals surface area contributed by atoms with Gasteiger partial charge in [-0.3, -0.25) is 0 Å². The first kappa shape index (κ1) is 16.0. The summed E-state index contributed by atoms with van der Waals surface area (Å²) in [7, 11) is -2.24. The summed E-state index contributed by atoms with van der Waals surface area (Å²) in [5.74, 6) is -2.29. The van der Waals surface area contributed by atoms with Crippen molar-refractivity contribution < 1.29 is 18.7 Å². The highest BCUT2D eigenvalue weighted by Gasteiger charge is 2.40. The van der Waals surface area contributed by atoms with Crippen LogP contribution in [0.3, 0.4) is 0 Å². The van der Waals surface area contributed by atoms with Gasteiger partial charge in [-0.15, -0.1) is 0 Å². The molecule has 0 aromatic heterocycles. The molecule has 0 aliphatic carbocycles. The van der Waals surface area contributed by atoms with Gasteiger partial charge in [-0.25, -0.2) is 9.18 Å². The maximum atomic E-state index is 13.8. The van der Waals surface area contributed by atoms with E-state index in [0.29, 0.717) is 0 Å². The van der Waals surface area contributed by atoms with E-state index in [2.05, 4.69) is 0 Å². The minimum Gasteiger partial charge on any atom is -0.543 e. The van der Waals surface area contributed by atoms with Gasteiger partial charge in [0.05, 0.1) is 5.02 Å². The van der Waals surface area contributed by atoms with Crippen LogP contribution in [-0.4, -0.2) is 19.4 Å². The molecule has 19 heavy (non-hydrogen) atoms. The molecule has 0 aliphatic rings. The van der Waals surface area contributed by atoms with Crippen LogP contribution in [0.1, 0.15) is 31.1 Å². The minimum atomic E-state index is -2.24. The van der Waals surface area contributed by atoms with Crippen molar-refractivity contribution in [2.75, 3.05) is 0 Å². The van der Waals surface area contributed by atoms with Gasteiger partial charge in [0.15, 0.2) is 5.82 Å². The molecule has 0 heterocycles. The Bertz CT molecular complexity index is 509. The van der Waals surface area contributed by atoms with E-state index in [-0.39, 0.29) is 15.8 Å². The van der Waals surface area contributed by atoms with Gasteiger partial charge < -0.3 is 9.53 Å². The van der Waals surface area contributed by atoms with E-state index in [1.807, 2.05) is 33.9 Å². The molecule has 0 spiro atoms. The highest BCUT2D eigenvalue weighted by atomic mass is 35.5. The Labute approximate surface area is 118 Å². The Morgan fingerprint density at radius 1 is 1.37 bits per heavy atom. The zero-order valence-electron chi connectivity index (χ0n) is 11.7. The topological polar surface area (TPSA) is 46.5 Å². The van der Waals surface area contributed by atoms with E-state index in [1.165, 1.54) is 12.1 Å². The smallest absolute Gasteiger partial charge is 0.342 e. The molecule has 106 valence electrons. The number of rotatable bonds is 3. The Kier molecular flexibility index (Phi) is 4.32. The van der Waals surface area contributed by atoms with Crippen LogP contribution >= 0.6 is 11.6 Å². The van der Waals surface area contributed by atoms with Gasteiger partial charge in [-0.2, -0.15) is 0 Å². The fraction of sp³-hybridized carbons (Fsp3) is 0.462. The molecule has 3 nitrogen and oxygen atoms in total. The van der Waals surface area contributed by atoms with E-state index in [0.717, 1.165) is 0 Å². The number of benzene rings is 1. The first-order valence-corrected chi connectivity index (χ1v) is 9.16. The molecule has 0 amide bonds. The van der Waals surface area contributed by atoms with Crippen molar-refractivity contribution in [3.05, 3.63) is 28.5 Å². The Morgan fingerprint density at radius 2 is 1.89 bits per heavy atom. The predicted molar refractivity (Wildman–Crippen MR) is 76.2 cm³/mol. The van der Waals surface area contributed by atoms with Gasteiger partial charge >= 0.3 is 5.97 Å². The number of carboxylic acids is 1. The average Bonchev–Trinajstić information content (AvgIpc) is 2.21. The molecule has 1 N–H and O–H groups in total. The molecule has 0 unspecified atom stereocenters. The van der Waals surface area contributed by atoms with Crippen molar-refractivity contribution in [1.82, 2.24) is 0 Å². The quantitative estimate of drug-likeness (QED) is 0.833. The van der Waals surface area contributed by atoms with Crippen molar-refractivity contribution >= 4 is 25.9 Å². The molecular weight excluding hydrogens is 287 g/mol. The second-order valence-corrected chi connectivity index (χ2v) is 11.0. The second kappa shape index (κ2) is 5.13. The van der Waals surface area contributed by atoms with Gasteiger partial charge in [0.2, 0.25) is 0 Å². The third-order valence-corrected chi connectivity index (χ3v) is 8.08. The second-order valence-electron chi connectivity index (χ2n) is 5.90. The summed E-state index contributed by atoms with van der Waals surface area (Å²) in [5.41, 5.74) is -0.502. The standard InChI is InChI=1S/C13H18ClFO3Si/c1-13(2,3)19(4,5)18-9-7-6-8(14)11(15)10(9)12(16)17/h6-7H,1-5H3,(H,16,17). The summed E-state index contributed by atoms with van der Waals surface area (Å²) in [4.78, 5) is 11.2. The van der Waals surface area contributed by atoms with E-state index < -0.39 is 25.7 Å². The summed E-state index contributed by atoms with van der Waals surface area (Å²) < 4.78 is 19.7. The molecule has 0 fully saturated rings. The lowest BCUT2D eigenvalue weighted by atomic mass is 10.2. The van der Waals surface area contributed by atoms with Crippen LogP contribution in [0.15, 0.2) is 12.1 Å². The third kappa shape index (κ3) is 3.28. The van der Waals surface area contributed by atoms with Crippen LogP contribution in [0.5, 0.6) is 5.75 Å². The molecule has 0 aliphatic heterocycles. The van der Waals surface area contributed by atoms with Crippen molar-refractivity contribution in [2.24, 2.45) is 0 Å². The lowest BCUT2D eigenvalue weighted by Gasteiger charge is -2.36. The molecule has 1 aromatic carbocycles. The van der Waals surface area contributed by atoms with Crippen LogP contribution in [0.4, 0.5) is 4.39 Å². The molecular formula is C13H18ClFO3Si. The normalized spacial score (nSPS) is 12.4. The number of carbonyl (C=O) groups is 1. The molecule has 0 radical (unpaired) electrons. The maximum Gasteiger partial charge on any atom is 0.342 e. The number of halogens is 2. The molecule has 6 heteroatoms. The van der Waals surface area contributed by atoms with Crippen LogP contribution in [0, 0.1) is 5.82 Å². The Hall–Kier alpha value is -1.07. The van der Waals surface area contributed by atoms with Crippen molar-refractivity contribution in [3.63, 3.8) is 0 Å². The van der Waals surface area contributed by atoms with Crippen LogP contribution in [0.25, 0.3) is 0 Å². The van der Waals surface area contributed by atoms with Gasteiger partial charge in [0.25, 0.3) is 8.32 Å². The van der Waals surface area contributed by atoms with E-state index in [9.17, 15) is 9.18 Å². The largest absolute Gasteiger partial charge is 0.543 e. The Balaban J connectivity index is 3.30. The van der Waals surface area contributed by atoms with Crippen molar-refractivity contribution in [1.29, 1.82) is 0 Å². The zero-order valence-corrected chi connectivity index (χ0v) is 13.4. The molecule has 0 saturated heterocycles. The van der Waals surface area contributed by atoms with Gasteiger partial charge in [0, 0.05) is 0 Å². The van der Waals surface area contributed by atoms with Gasteiger partial charge in [0.1, 0.15) is 11.3 Å². The number of hydrogen-bond donors (Lipinski definition) is 1. The number of carboxylic acid groups (broad SMARTS) is 1. The summed E-state index contributed by atoms with van der Waals surface area (Å²) >= 11 is 5.61. The van der Waals surface area contributed by atoms with Crippen LogP contribution < -0.4 is 4.43 Å². The fourth-order valence-electron chi connectivity index (χ4n) is 1.25. The highest BCUT2D eigenvalue weighted by molar-refractivity contribution is 6.74. The monoisotopic (exact) mass is 304 g/mol. The van der Waals surface area contributed by atoms with E-state index in [4.69, 9.17) is 21.1 Å². The summed E-state index contributed by atoms with van der Waals surface area (Å²) in [6.45, 7) is 9.99. The molecule has 1 aromatic rings. The molecule has 1 rings (SSSR count). The predicted octanol–water partition coefficient (Wildman–Crippen LogP) is 4.56. The Morgan fingerprint density at radius 3 is 2.32 bits per heavy atom. The molecule has 0 atom stereocenters. The summed E-state index contributed by atoms with van der Waals surface area (Å²) in [6, 6.07) is 2.72.